The van der Waals surface area contributed by atoms with Gasteiger partial charge in [0.25, 0.3) is 7.82 Å². The van der Waals surface area contributed by atoms with Crippen molar-refractivity contribution >= 4 is 13.7 Å². The number of phosphoric acid groups is 1. The van der Waals surface area contributed by atoms with Gasteiger partial charge in [0.05, 0.1) is 39.9 Å². The predicted octanol–water partition coefficient (Wildman–Crippen LogP) is 7.05. The summed E-state index contributed by atoms with van der Waals surface area (Å²) in [5.41, 5.74) is 0. The van der Waals surface area contributed by atoms with Crippen molar-refractivity contribution in [3.63, 3.8) is 0 Å². The highest BCUT2D eigenvalue weighted by molar-refractivity contribution is 7.45. The number of phosphoric ester groups is 1. The molecule has 0 saturated carbocycles. The molecule has 0 aliphatic carbocycles. The fraction of sp³-hybridized carbons (Fsp3) is 0.906. The van der Waals surface area contributed by atoms with E-state index in [-0.39, 0.29) is 19.1 Å². The molecule has 9 heteroatoms. The average Bonchev–Trinajstić information content (AvgIpc) is 2.90. The third-order valence-corrected chi connectivity index (χ3v) is 8.22. The molecule has 8 nitrogen and oxygen atoms in total. The summed E-state index contributed by atoms with van der Waals surface area (Å²) >= 11 is 0. The Labute approximate surface area is 252 Å². The lowest BCUT2D eigenvalue weighted by Crippen LogP contribution is -2.46. The number of allylic oxidation sites excluding steroid dienone is 2. The van der Waals surface area contributed by atoms with Crippen LogP contribution in [0.3, 0.4) is 0 Å². The van der Waals surface area contributed by atoms with Gasteiger partial charge in [0.1, 0.15) is 13.2 Å². The molecule has 3 atom stereocenters. The number of nitrogens with one attached hydrogen (secondary N) is 1. The number of quaternary nitrogens is 1. The molecule has 41 heavy (non-hydrogen) atoms. The van der Waals surface area contributed by atoms with Crippen molar-refractivity contribution in [1.29, 1.82) is 0 Å². The third kappa shape index (κ3) is 27.8. The molecule has 0 radical (unpaired) electrons. The van der Waals surface area contributed by atoms with Crippen molar-refractivity contribution in [3.8, 4) is 0 Å². The summed E-state index contributed by atoms with van der Waals surface area (Å²) in [4.78, 5) is 25.0. The lowest BCUT2D eigenvalue weighted by atomic mass is 10.0. The van der Waals surface area contributed by atoms with E-state index < -0.39 is 20.0 Å². The minimum atomic E-state index is -4.55. The van der Waals surface area contributed by atoms with Crippen molar-refractivity contribution in [2.45, 2.75) is 148 Å². The number of carbonyl (C=O) groups excluding carboxylic acids is 1. The van der Waals surface area contributed by atoms with Crippen LogP contribution in [-0.4, -0.2) is 68.5 Å². The van der Waals surface area contributed by atoms with Gasteiger partial charge in [0, 0.05) is 6.42 Å². The molecule has 0 rings (SSSR count). The third-order valence-electron chi connectivity index (χ3n) is 7.25. The number of rotatable bonds is 29. The molecule has 0 bridgehead atoms. The van der Waals surface area contributed by atoms with E-state index in [0.29, 0.717) is 23.9 Å². The van der Waals surface area contributed by atoms with Crippen LogP contribution in [0.5, 0.6) is 0 Å². The number of aliphatic hydroxyl groups is 1. The quantitative estimate of drug-likeness (QED) is 0.0410. The predicted molar refractivity (Wildman–Crippen MR) is 169 cm³/mol. The van der Waals surface area contributed by atoms with Crippen LogP contribution >= 0.6 is 7.82 Å². The van der Waals surface area contributed by atoms with Crippen LogP contribution in [0.2, 0.25) is 0 Å². The van der Waals surface area contributed by atoms with Gasteiger partial charge >= 0.3 is 0 Å². The Hall–Kier alpha value is -0.760. The zero-order chi connectivity index (χ0) is 30.8. The van der Waals surface area contributed by atoms with Crippen LogP contribution in [0.15, 0.2) is 12.2 Å². The standard InChI is InChI=1S/C32H65N2O6P/c1-6-8-10-12-14-16-18-20-22-24-26-32(36)33-30(29-40-41(37,38)39-28-27-34(3,4)5)31(35)25-23-21-19-17-15-13-11-9-7-2/h15,17,30-31,35H,6-14,16,18-29H2,1-5H3,(H-,33,36,37,38)/b17-15+/t30-,31+/m0/s1. The molecular weight excluding hydrogens is 539 g/mol. The lowest BCUT2D eigenvalue weighted by molar-refractivity contribution is -0.870. The van der Waals surface area contributed by atoms with E-state index in [9.17, 15) is 19.4 Å². The van der Waals surface area contributed by atoms with E-state index in [0.717, 1.165) is 44.9 Å². The fourth-order valence-electron chi connectivity index (χ4n) is 4.50. The molecule has 0 fully saturated rings. The highest BCUT2D eigenvalue weighted by Gasteiger charge is 2.24. The average molecular weight is 605 g/mol. The second kappa shape index (κ2) is 25.7. The van der Waals surface area contributed by atoms with Gasteiger partial charge in [-0.25, -0.2) is 0 Å². The first-order valence-corrected chi connectivity index (χ1v) is 18.0. The first-order chi connectivity index (χ1) is 19.5. The molecule has 0 heterocycles. The Morgan fingerprint density at radius 3 is 1.90 bits per heavy atom. The molecule has 0 aromatic rings. The summed E-state index contributed by atoms with van der Waals surface area (Å²) in [5, 5.41) is 13.7. The van der Waals surface area contributed by atoms with E-state index >= 15 is 0 Å². The van der Waals surface area contributed by atoms with Crippen molar-refractivity contribution in [1.82, 2.24) is 5.32 Å². The van der Waals surface area contributed by atoms with E-state index in [4.69, 9.17) is 9.05 Å². The number of nitrogens with zero attached hydrogens (tertiary/aromatic N) is 1. The summed E-state index contributed by atoms with van der Waals surface area (Å²) in [6.45, 7) is 4.60. The highest BCUT2D eigenvalue weighted by Crippen LogP contribution is 2.38. The summed E-state index contributed by atoms with van der Waals surface area (Å²) in [5.74, 6) is -0.182. The Morgan fingerprint density at radius 1 is 0.829 bits per heavy atom. The molecular formula is C32H65N2O6P. The van der Waals surface area contributed by atoms with E-state index in [1.54, 1.807) is 0 Å². The molecule has 244 valence electrons. The van der Waals surface area contributed by atoms with E-state index in [1.165, 1.54) is 64.2 Å². The molecule has 0 aromatic heterocycles. The summed E-state index contributed by atoms with van der Waals surface area (Å²) in [6, 6.07) is -0.806. The molecule has 0 aromatic carbocycles. The Kier molecular flexibility index (Phi) is 25.2. The van der Waals surface area contributed by atoms with Crippen molar-refractivity contribution < 1.29 is 32.9 Å². The maximum Gasteiger partial charge on any atom is 0.268 e. The van der Waals surface area contributed by atoms with Crippen LogP contribution in [0.1, 0.15) is 136 Å². The number of aliphatic hydroxyl groups excluding tert-OH is 1. The minimum Gasteiger partial charge on any atom is -0.756 e. The second-order valence-electron chi connectivity index (χ2n) is 12.5. The summed E-state index contributed by atoms with van der Waals surface area (Å²) in [6.07, 6.45) is 23.6. The first kappa shape index (κ1) is 40.2. The zero-order valence-corrected chi connectivity index (χ0v) is 28.1. The van der Waals surface area contributed by atoms with E-state index in [2.05, 4.69) is 31.3 Å². The summed E-state index contributed by atoms with van der Waals surface area (Å²) in [7, 11) is 1.28. The first-order valence-electron chi connectivity index (χ1n) is 16.5. The molecule has 0 aliphatic rings. The number of hydrogen-bond acceptors (Lipinski definition) is 6. The minimum absolute atomic E-state index is 0.00849. The highest BCUT2D eigenvalue weighted by atomic mass is 31.2. The van der Waals surface area contributed by atoms with Crippen LogP contribution in [0, 0.1) is 0 Å². The maximum atomic E-state index is 12.7. The largest absolute Gasteiger partial charge is 0.756 e. The van der Waals surface area contributed by atoms with Gasteiger partial charge in [-0.05, 0) is 38.5 Å². The van der Waals surface area contributed by atoms with Crippen LogP contribution < -0.4 is 10.2 Å². The van der Waals surface area contributed by atoms with Crippen molar-refractivity contribution in [3.05, 3.63) is 12.2 Å². The molecule has 0 aliphatic heterocycles. The maximum absolute atomic E-state index is 12.7. The SMILES string of the molecule is CCCCC/C=C/CCCC[C@@H](O)[C@H](COP(=O)([O-])OCC[N+](C)(C)C)NC(=O)CCCCCCCCCCCC. The molecule has 0 saturated heterocycles. The van der Waals surface area contributed by atoms with Gasteiger partial charge in [0.15, 0.2) is 0 Å². The topological polar surface area (TPSA) is 108 Å². The number of amides is 1. The summed E-state index contributed by atoms with van der Waals surface area (Å²) < 4.78 is 23.0. The zero-order valence-electron chi connectivity index (χ0n) is 27.2. The molecule has 1 amide bonds. The van der Waals surface area contributed by atoms with Gasteiger partial charge in [-0.2, -0.15) is 0 Å². The van der Waals surface area contributed by atoms with Crippen LogP contribution in [-0.2, 0) is 18.4 Å². The van der Waals surface area contributed by atoms with Gasteiger partial charge < -0.3 is 28.8 Å². The molecule has 2 N–H and O–H groups in total. The molecule has 0 spiro atoms. The Morgan fingerprint density at radius 2 is 1.34 bits per heavy atom. The van der Waals surface area contributed by atoms with Crippen LogP contribution in [0.25, 0.3) is 0 Å². The number of hydrogen-bond donors (Lipinski definition) is 2. The monoisotopic (exact) mass is 604 g/mol. The van der Waals surface area contributed by atoms with Crippen molar-refractivity contribution in [2.24, 2.45) is 0 Å². The number of carbonyl (C=O) groups is 1. The Balaban J connectivity index is 4.60. The lowest BCUT2D eigenvalue weighted by Gasteiger charge is -2.30. The smallest absolute Gasteiger partial charge is 0.268 e. The normalized spacial score (nSPS) is 15.2. The number of unbranched alkanes of at least 4 members (excludes halogenated alkanes) is 14. The molecule has 1 unspecified atom stereocenters. The van der Waals surface area contributed by atoms with Gasteiger partial charge in [-0.1, -0.05) is 103 Å². The fourth-order valence-corrected chi connectivity index (χ4v) is 5.22. The Bertz CT molecular complexity index is 698. The van der Waals surface area contributed by atoms with Gasteiger partial charge in [0.2, 0.25) is 5.91 Å². The van der Waals surface area contributed by atoms with Crippen molar-refractivity contribution in [2.75, 3.05) is 40.9 Å². The number of likely N-dealkylation sites (N-methyl/N-ethyl adjacent to an activating group) is 1. The second-order valence-corrected chi connectivity index (χ2v) is 13.9. The van der Waals surface area contributed by atoms with Gasteiger partial charge in [-0.15, -0.1) is 0 Å². The van der Waals surface area contributed by atoms with Gasteiger partial charge in [-0.3, -0.25) is 9.36 Å². The van der Waals surface area contributed by atoms with Crippen LogP contribution in [0.4, 0.5) is 0 Å². The van der Waals surface area contributed by atoms with E-state index in [1.807, 2.05) is 21.1 Å².